The van der Waals surface area contributed by atoms with E-state index in [-0.39, 0.29) is 23.3 Å². The molecule has 2 atom stereocenters. The van der Waals surface area contributed by atoms with Crippen LogP contribution in [0.5, 0.6) is 0 Å². The van der Waals surface area contributed by atoms with Crippen LogP contribution in [0.4, 0.5) is 5.82 Å². The van der Waals surface area contributed by atoms with Crippen LogP contribution < -0.4 is 11.5 Å². The molecule has 0 saturated heterocycles. The summed E-state index contributed by atoms with van der Waals surface area (Å²) in [5.74, 6) is -0.493. The van der Waals surface area contributed by atoms with Gasteiger partial charge in [-0.25, -0.2) is 0 Å². The zero-order valence-electron chi connectivity index (χ0n) is 12.1. The van der Waals surface area contributed by atoms with Crippen molar-refractivity contribution in [1.29, 1.82) is 5.26 Å². The normalized spacial score (nSPS) is 27.6. The molecule has 6 heteroatoms. The van der Waals surface area contributed by atoms with E-state index in [0.29, 0.717) is 5.41 Å². The van der Waals surface area contributed by atoms with Gasteiger partial charge in [0.05, 0.1) is 18.0 Å². The number of nitriles is 1. The minimum Gasteiger partial charge on any atom is -0.382 e. The Kier molecular flexibility index (Phi) is 3.36. The summed E-state index contributed by atoms with van der Waals surface area (Å²) in [6.45, 7) is 0. The van der Waals surface area contributed by atoms with Crippen LogP contribution in [0.15, 0.2) is 6.20 Å². The lowest BCUT2D eigenvalue weighted by Gasteiger charge is -2.40. The van der Waals surface area contributed by atoms with Gasteiger partial charge in [0.15, 0.2) is 5.82 Å². The van der Waals surface area contributed by atoms with E-state index in [0.717, 1.165) is 19.3 Å². The third kappa shape index (κ3) is 2.37. The largest absolute Gasteiger partial charge is 0.382 e. The van der Waals surface area contributed by atoms with Crippen LogP contribution in [0.2, 0.25) is 0 Å². The summed E-state index contributed by atoms with van der Waals surface area (Å²) < 4.78 is 1.69. The average Bonchev–Trinajstić information content (AvgIpc) is 3.06. The van der Waals surface area contributed by atoms with E-state index in [1.165, 1.54) is 25.7 Å². The highest BCUT2D eigenvalue weighted by atomic mass is 16.1. The number of carbonyl (C=O) groups is 1. The molecule has 2 fully saturated rings. The maximum Gasteiger partial charge on any atom is 0.254 e. The van der Waals surface area contributed by atoms with Gasteiger partial charge >= 0.3 is 0 Å². The fourth-order valence-corrected chi connectivity index (χ4v) is 4.15. The third-order valence-electron chi connectivity index (χ3n) is 5.28. The quantitative estimate of drug-likeness (QED) is 0.866. The number of nitrogens with zero attached hydrogens (tertiary/aromatic N) is 3. The van der Waals surface area contributed by atoms with Crippen LogP contribution in [0.25, 0.3) is 0 Å². The first-order valence-corrected chi connectivity index (χ1v) is 7.59. The summed E-state index contributed by atoms with van der Waals surface area (Å²) in [5, 5.41) is 13.7. The van der Waals surface area contributed by atoms with E-state index in [2.05, 4.69) is 11.2 Å². The summed E-state index contributed by atoms with van der Waals surface area (Å²) in [6.07, 6.45) is 9.61. The lowest BCUT2D eigenvalue weighted by atomic mass is 9.67. The molecule has 3 rings (SSSR count). The highest BCUT2D eigenvalue weighted by molar-refractivity contribution is 5.96. The molecule has 21 heavy (non-hydrogen) atoms. The molecule has 1 heterocycles. The molecule has 1 spiro atoms. The van der Waals surface area contributed by atoms with Crippen molar-refractivity contribution in [2.45, 2.75) is 51.0 Å². The molecule has 1 aromatic heterocycles. The van der Waals surface area contributed by atoms with Crippen molar-refractivity contribution < 1.29 is 4.79 Å². The Balaban J connectivity index is 1.84. The van der Waals surface area contributed by atoms with E-state index in [1.54, 1.807) is 10.9 Å². The predicted molar refractivity (Wildman–Crippen MR) is 78.0 cm³/mol. The number of amides is 1. The second-order valence-electron chi connectivity index (χ2n) is 6.53. The first kappa shape index (κ1) is 13.9. The van der Waals surface area contributed by atoms with Crippen LogP contribution in [-0.4, -0.2) is 15.7 Å². The Morgan fingerprint density at radius 2 is 2.14 bits per heavy atom. The molecular formula is C15H21N5O. The van der Waals surface area contributed by atoms with Crippen molar-refractivity contribution in [2.75, 3.05) is 5.73 Å². The van der Waals surface area contributed by atoms with Gasteiger partial charge < -0.3 is 11.5 Å². The fourth-order valence-electron chi connectivity index (χ4n) is 4.15. The van der Waals surface area contributed by atoms with Crippen molar-refractivity contribution >= 4 is 11.7 Å². The zero-order valence-corrected chi connectivity index (χ0v) is 12.1. The minimum absolute atomic E-state index is 0.00313. The monoisotopic (exact) mass is 287 g/mol. The number of hydrogen-bond acceptors (Lipinski definition) is 4. The van der Waals surface area contributed by atoms with Gasteiger partial charge in [0.1, 0.15) is 5.56 Å². The number of hydrogen-bond donors (Lipinski definition) is 2. The highest BCUT2D eigenvalue weighted by Gasteiger charge is 2.43. The van der Waals surface area contributed by atoms with Crippen molar-refractivity contribution in [2.24, 2.45) is 17.1 Å². The Labute approximate surface area is 124 Å². The maximum absolute atomic E-state index is 11.3. The number of anilines is 1. The molecule has 112 valence electrons. The van der Waals surface area contributed by atoms with Gasteiger partial charge in [0.25, 0.3) is 5.91 Å². The van der Waals surface area contributed by atoms with Gasteiger partial charge in [-0.1, -0.05) is 12.8 Å². The number of nitrogen functional groups attached to an aromatic ring is 1. The van der Waals surface area contributed by atoms with Gasteiger partial charge in [0.2, 0.25) is 0 Å². The standard InChI is InChI=1S/C15H21N5O/c16-8-10-7-15(4-1-2-5-15)6-3-12(10)20-9-11(14(18)21)13(17)19-20/h9-10,12H,1-7H2,(H2,17,19)(H2,18,21)/t10?,12-/m1/s1. The molecule has 4 N–H and O–H groups in total. The summed E-state index contributed by atoms with van der Waals surface area (Å²) in [5.41, 5.74) is 11.6. The predicted octanol–water partition coefficient (Wildman–Crippen LogP) is 1.99. The zero-order chi connectivity index (χ0) is 15.0. The molecule has 1 unspecified atom stereocenters. The molecule has 1 amide bonds. The van der Waals surface area contributed by atoms with Crippen LogP contribution in [0.1, 0.15) is 61.3 Å². The van der Waals surface area contributed by atoms with Gasteiger partial charge in [-0.05, 0) is 37.5 Å². The number of nitrogens with two attached hydrogens (primary N) is 2. The van der Waals surface area contributed by atoms with Crippen molar-refractivity contribution in [3.05, 3.63) is 11.8 Å². The van der Waals surface area contributed by atoms with Crippen LogP contribution in [-0.2, 0) is 0 Å². The number of primary amides is 1. The number of aromatic nitrogens is 2. The summed E-state index contributed by atoms with van der Waals surface area (Å²) in [6, 6.07) is 2.44. The van der Waals surface area contributed by atoms with Crippen LogP contribution in [0, 0.1) is 22.7 Å². The molecule has 2 aliphatic carbocycles. The van der Waals surface area contributed by atoms with E-state index >= 15 is 0 Å². The second kappa shape index (κ2) is 5.06. The topological polar surface area (TPSA) is 111 Å². The molecule has 0 aromatic carbocycles. The molecule has 0 bridgehead atoms. The number of rotatable bonds is 2. The Morgan fingerprint density at radius 1 is 1.43 bits per heavy atom. The SMILES string of the molecule is N#CC1CC2(CCCC2)CC[C@H]1n1cc(C(N)=O)c(N)n1. The molecule has 0 aliphatic heterocycles. The molecular weight excluding hydrogens is 266 g/mol. The molecule has 1 aromatic rings. The number of carbonyl (C=O) groups excluding carboxylic acids is 1. The van der Waals surface area contributed by atoms with Crippen molar-refractivity contribution in [3.63, 3.8) is 0 Å². The molecule has 2 saturated carbocycles. The Bertz CT molecular complexity index is 594. The molecule has 2 aliphatic rings. The first-order valence-electron chi connectivity index (χ1n) is 7.59. The lowest BCUT2D eigenvalue weighted by molar-refractivity contribution is 0.0999. The third-order valence-corrected chi connectivity index (χ3v) is 5.28. The second-order valence-corrected chi connectivity index (χ2v) is 6.53. The molecule has 6 nitrogen and oxygen atoms in total. The van der Waals surface area contributed by atoms with E-state index in [1.807, 2.05) is 0 Å². The summed E-state index contributed by atoms with van der Waals surface area (Å²) in [7, 11) is 0. The van der Waals surface area contributed by atoms with E-state index in [4.69, 9.17) is 11.5 Å². The van der Waals surface area contributed by atoms with E-state index < -0.39 is 5.91 Å². The van der Waals surface area contributed by atoms with Crippen molar-refractivity contribution in [1.82, 2.24) is 9.78 Å². The van der Waals surface area contributed by atoms with Crippen LogP contribution >= 0.6 is 0 Å². The van der Waals surface area contributed by atoms with Gasteiger partial charge in [-0.2, -0.15) is 10.4 Å². The highest BCUT2D eigenvalue weighted by Crippen LogP contribution is 2.53. The Morgan fingerprint density at radius 3 is 2.71 bits per heavy atom. The van der Waals surface area contributed by atoms with Crippen molar-refractivity contribution in [3.8, 4) is 6.07 Å². The molecule has 0 radical (unpaired) electrons. The summed E-state index contributed by atoms with van der Waals surface area (Å²) in [4.78, 5) is 11.3. The van der Waals surface area contributed by atoms with E-state index in [9.17, 15) is 10.1 Å². The first-order chi connectivity index (χ1) is 10.0. The van der Waals surface area contributed by atoms with Crippen LogP contribution in [0.3, 0.4) is 0 Å². The minimum atomic E-state index is -0.574. The average molecular weight is 287 g/mol. The lowest BCUT2D eigenvalue weighted by Crippen LogP contribution is -2.33. The Hall–Kier alpha value is -2.03. The summed E-state index contributed by atoms with van der Waals surface area (Å²) >= 11 is 0. The van der Waals surface area contributed by atoms with Gasteiger partial charge in [-0.15, -0.1) is 0 Å². The van der Waals surface area contributed by atoms with Gasteiger partial charge in [-0.3, -0.25) is 9.48 Å². The smallest absolute Gasteiger partial charge is 0.254 e. The fraction of sp³-hybridized carbons (Fsp3) is 0.667. The van der Waals surface area contributed by atoms with Gasteiger partial charge in [0, 0.05) is 6.20 Å². The maximum atomic E-state index is 11.3.